The molecule has 0 aromatic carbocycles. The zero-order chi connectivity index (χ0) is 12.9. The molecule has 0 unspecified atom stereocenters. The maximum atomic E-state index is 10.4. The lowest BCUT2D eigenvalue weighted by molar-refractivity contribution is -0.136. The molecule has 0 bridgehead atoms. The van der Waals surface area contributed by atoms with Gasteiger partial charge in [-0.2, -0.15) is 0 Å². The Balaban J connectivity index is 2.15. The molecule has 1 heterocycles. The predicted molar refractivity (Wildman–Crippen MR) is 69.2 cm³/mol. The molecule has 0 atom stereocenters. The van der Waals surface area contributed by atoms with Crippen LogP contribution >= 0.6 is 0 Å². The molecule has 0 spiro atoms. The number of nitrogens with zero attached hydrogens (tertiary/aromatic N) is 1. The SMILES string of the molecule is CC(C)(C)CCN1CCC(NCC(=O)O)CC1. The van der Waals surface area contributed by atoms with Crippen LogP contribution in [0, 0.1) is 5.41 Å². The number of aliphatic carboxylic acids is 1. The zero-order valence-corrected chi connectivity index (χ0v) is 11.3. The van der Waals surface area contributed by atoms with E-state index in [4.69, 9.17) is 5.11 Å². The average molecular weight is 242 g/mol. The van der Waals surface area contributed by atoms with E-state index in [1.54, 1.807) is 0 Å². The van der Waals surface area contributed by atoms with E-state index in [9.17, 15) is 4.79 Å². The molecule has 4 nitrogen and oxygen atoms in total. The van der Waals surface area contributed by atoms with Crippen molar-refractivity contribution in [1.29, 1.82) is 0 Å². The van der Waals surface area contributed by atoms with Crippen molar-refractivity contribution in [1.82, 2.24) is 10.2 Å². The van der Waals surface area contributed by atoms with Gasteiger partial charge < -0.3 is 15.3 Å². The van der Waals surface area contributed by atoms with E-state index in [-0.39, 0.29) is 6.54 Å². The van der Waals surface area contributed by atoms with E-state index in [2.05, 4.69) is 31.0 Å². The Morgan fingerprint density at radius 1 is 1.35 bits per heavy atom. The van der Waals surface area contributed by atoms with Crippen molar-refractivity contribution < 1.29 is 9.90 Å². The minimum absolute atomic E-state index is 0.0899. The van der Waals surface area contributed by atoms with E-state index in [0.717, 1.165) is 32.5 Å². The molecule has 1 aliphatic heterocycles. The summed E-state index contributed by atoms with van der Waals surface area (Å²) in [5.41, 5.74) is 0.401. The second-order valence-electron chi connectivity index (χ2n) is 6.20. The van der Waals surface area contributed by atoms with Gasteiger partial charge in [0.15, 0.2) is 0 Å². The normalized spacial score (nSPS) is 19.5. The summed E-state index contributed by atoms with van der Waals surface area (Å²) in [4.78, 5) is 12.9. The summed E-state index contributed by atoms with van der Waals surface area (Å²) in [7, 11) is 0. The van der Waals surface area contributed by atoms with Gasteiger partial charge in [-0.3, -0.25) is 4.79 Å². The van der Waals surface area contributed by atoms with Crippen LogP contribution in [-0.4, -0.2) is 48.2 Å². The Bertz CT molecular complexity index is 240. The van der Waals surface area contributed by atoms with Gasteiger partial charge in [-0.25, -0.2) is 0 Å². The number of rotatable bonds is 5. The summed E-state index contributed by atoms with van der Waals surface area (Å²) in [5, 5.41) is 11.7. The number of carboxylic acid groups (broad SMARTS) is 1. The molecule has 1 rings (SSSR count). The summed E-state index contributed by atoms with van der Waals surface area (Å²) in [6, 6.07) is 0.386. The highest BCUT2D eigenvalue weighted by molar-refractivity contribution is 5.69. The fraction of sp³-hybridized carbons (Fsp3) is 0.923. The number of hydrogen-bond donors (Lipinski definition) is 2. The number of piperidine rings is 1. The highest BCUT2D eigenvalue weighted by atomic mass is 16.4. The number of nitrogens with one attached hydrogen (secondary N) is 1. The first kappa shape index (κ1) is 14.5. The maximum Gasteiger partial charge on any atom is 0.317 e. The summed E-state index contributed by atoms with van der Waals surface area (Å²) in [6.45, 7) is 10.2. The molecule has 17 heavy (non-hydrogen) atoms. The molecule has 4 heteroatoms. The minimum Gasteiger partial charge on any atom is -0.480 e. The number of carbonyl (C=O) groups is 1. The quantitative estimate of drug-likeness (QED) is 0.768. The van der Waals surface area contributed by atoms with Gasteiger partial charge in [0.1, 0.15) is 0 Å². The number of hydrogen-bond acceptors (Lipinski definition) is 3. The number of carboxylic acids is 1. The van der Waals surface area contributed by atoms with Crippen LogP contribution in [0.1, 0.15) is 40.0 Å². The first-order valence-corrected chi connectivity index (χ1v) is 6.54. The summed E-state index contributed by atoms with van der Waals surface area (Å²) in [5.74, 6) is -0.764. The third-order valence-electron chi connectivity index (χ3n) is 3.31. The fourth-order valence-electron chi connectivity index (χ4n) is 2.09. The molecule has 0 aliphatic carbocycles. The summed E-state index contributed by atoms with van der Waals surface area (Å²) >= 11 is 0. The Kier molecular flexibility index (Phi) is 5.40. The second-order valence-corrected chi connectivity index (χ2v) is 6.20. The van der Waals surface area contributed by atoms with Crippen LogP contribution in [0.15, 0.2) is 0 Å². The standard InChI is InChI=1S/C13H26N2O2/c1-13(2,3)6-9-15-7-4-11(5-8-15)14-10-12(16)17/h11,14H,4-10H2,1-3H3,(H,16,17). The molecule has 0 amide bonds. The molecule has 0 aromatic heterocycles. The van der Waals surface area contributed by atoms with Crippen molar-refractivity contribution in [2.75, 3.05) is 26.2 Å². The van der Waals surface area contributed by atoms with E-state index >= 15 is 0 Å². The Morgan fingerprint density at radius 3 is 2.41 bits per heavy atom. The van der Waals surface area contributed by atoms with Crippen LogP contribution in [0.2, 0.25) is 0 Å². The van der Waals surface area contributed by atoms with Crippen molar-refractivity contribution in [2.24, 2.45) is 5.41 Å². The predicted octanol–water partition coefficient (Wildman–Crippen LogP) is 1.56. The fourth-order valence-corrected chi connectivity index (χ4v) is 2.09. The molecular weight excluding hydrogens is 216 g/mol. The number of likely N-dealkylation sites (tertiary alicyclic amines) is 1. The van der Waals surface area contributed by atoms with Crippen molar-refractivity contribution in [2.45, 2.75) is 46.1 Å². The van der Waals surface area contributed by atoms with E-state index in [0.29, 0.717) is 11.5 Å². The first-order chi connectivity index (χ1) is 7.87. The third kappa shape index (κ3) is 6.64. The Hall–Kier alpha value is -0.610. The molecule has 0 aromatic rings. The Morgan fingerprint density at radius 2 is 1.94 bits per heavy atom. The molecular formula is C13H26N2O2. The topological polar surface area (TPSA) is 52.6 Å². The lowest BCUT2D eigenvalue weighted by Crippen LogP contribution is -2.44. The highest BCUT2D eigenvalue weighted by Gasteiger charge is 2.20. The highest BCUT2D eigenvalue weighted by Crippen LogP contribution is 2.20. The van der Waals surface area contributed by atoms with Gasteiger partial charge in [-0.1, -0.05) is 20.8 Å². The molecule has 0 saturated carbocycles. The van der Waals surface area contributed by atoms with Crippen molar-refractivity contribution in [3.05, 3.63) is 0 Å². The van der Waals surface area contributed by atoms with Gasteiger partial charge in [-0.05, 0) is 44.3 Å². The van der Waals surface area contributed by atoms with Crippen molar-refractivity contribution >= 4 is 5.97 Å². The van der Waals surface area contributed by atoms with Crippen LogP contribution in [0.3, 0.4) is 0 Å². The Labute approximate surface area is 104 Å². The van der Waals surface area contributed by atoms with Crippen LogP contribution in [0.5, 0.6) is 0 Å². The maximum absolute atomic E-state index is 10.4. The molecule has 2 N–H and O–H groups in total. The van der Waals surface area contributed by atoms with Crippen LogP contribution < -0.4 is 5.32 Å². The van der Waals surface area contributed by atoms with Crippen molar-refractivity contribution in [3.8, 4) is 0 Å². The van der Waals surface area contributed by atoms with Crippen LogP contribution in [-0.2, 0) is 4.79 Å². The zero-order valence-electron chi connectivity index (χ0n) is 11.3. The smallest absolute Gasteiger partial charge is 0.317 e. The minimum atomic E-state index is -0.764. The lowest BCUT2D eigenvalue weighted by atomic mass is 9.91. The monoisotopic (exact) mass is 242 g/mol. The van der Waals surface area contributed by atoms with Gasteiger partial charge in [-0.15, -0.1) is 0 Å². The summed E-state index contributed by atoms with van der Waals surface area (Å²) in [6.07, 6.45) is 3.36. The largest absolute Gasteiger partial charge is 0.480 e. The molecule has 100 valence electrons. The van der Waals surface area contributed by atoms with E-state index in [1.807, 2.05) is 0 Å². The van der Waals surface area contributed by atoms with Gasteiger partial charge in [0.05, 0.1) is 6.54 Å². The van der Waals surface area contributed by atoms with Gasteiger partial charge in [0, 0.05) is 6.04 Å². The van der Waals surface area contributed by atoms with Gasteiger partial charge >= 0.3 is 5.97 Å². The summed E-state index contributed by atoms with van der Waals surface area (Å²) < 4.78 is 0. The van der Waals surface area contributed by atoms with Crippen molar-refractivity contribution in [3.63, 3.8) is 0 Å². The third-order valence-corrected chi connectivity index (χ3v) is 3.31. The molecule has 0 radical (unpaired) electrons. The molecule has 1 aliphatic rings. The first-order valence-electron chi connectivity index (χ1n) is 6.54. The van der Waals surface area contributed by atoms with Crippen LogP contribution in [0.4, 0.5) is 0 Å². The van der Waals surface area contributed by atoms with E-state index in [1.165, 1.54) is 6.42 Å². The average Bonchev–Trinajstić information content (AvgIpc) is 2.24. The lowest BCUT2D eigenvalue weighted by Gasteiger charge is -2.33. The second kappa shape index (κ2) is 6.36. The van der Waals surface area contributed by atoms with E-state index < -0.39 is 5.97 Å². The van der Waals surface area contributed by atoms with Gasteiger partial charge in [0.2, 0.25) is 0 Å². The van der Waals surface area contributed by atoms with Crippen LogP contribution in [0.25, 0.3) is 0 Å². The molecule has 1 saturated heterocycles. The molecule has 1 fully saturated rings. The van der Waals surface area contributed by atoms with Gasteiger partial charge in [0.25, 0.3) is 0 Å².